The maximum Gasteiger partial charge on any atom is 0.262 e. The smallest absolute Gasteiger partial charge is 0.262 e. The summed E-state index contributed by atoms with van der Waals surface area (Å²) in [6.07, 6.45) is 12.5. The molecule has 0 saturated carbocycles. The van der Waals surface area contributed by atoms with Gasteiger partial charge in [-0.3, -0.25) is 9.79 Å². The molecule has 1 aromatic carbocycles. The summed E-state index contributed by atoms with van der Waals surface area (Å²) < 4.78 is 26.8. The van der Waals surface area contributed by atoms with Crippen LogP contribution < -0.4 is 5.32 Å². The van der Waals surface area contributed by atoms with Crippen LogP contribution in [-0.2, 0) is 4.79 Å². The second kappa shape index (κ2) is 14.4. The van der Waals surface area contributed by atoms with E-state index in [0.29, 0.717) is 22.2 Å². The summed E-state index contributed by atoms with van der Waals surface area (Å²) in [5.74, 6) is -1.31. The number of carbonyl (C=O) groups is 1. The van der Waals surface area contributed by atoms with Crippen molar-refractivity contribution in [1.29, 1.82) is 0 Å². The SMILES string of the molecule is CCCCCCNC1CCCCN(C(=O)/C(SC)=C(\C)N=Cc2cc(F)cc(F)c2)CC1. The number of hydrogen-bond donors (Lipinski definition) is 1. The van der Waals surface area contributed by atoms with Crippen molar-refractivity contribution < 1.29 is 13.6 Å². The lowest BCUT2D eigenvalue weighted by molar-refractivity contribution is -0.126. The van der Waals surface area contributed by atoms with Gasteiger partial charge in [-0.1, -0.05) is 32.6 Å². The zero-order chi connectivity index (χ0) is 23.3. The molecule has 2 rings (SSSR count). The molecule has 4 nitrogen and oxygen atoms in total. The second-order valence-corrected chi connectivity index (χ2v) is 9.18. The normalized spacial score (nSPS) is 18.4. The minimum atomic E-state index is -0.650. The Morgan fingerprint density at radius 1 is 1.16 bits per heavy atom. The Hall–Kier alpha value is -1.73. The minimum Gasteiger partial charge on any atom is -0.338 e. The summed E-state index contributed by atoms with van der Waals surface area (Å²) >= 11 is 1.37. The molecule has 1 atom stereocenters. The number of amides is 1. The van der Waals surface area contributed by atoms with Crippen molar-refractivity contribution in [3.8, 4) is 0 Å². The van der Waals surface area contributed by atoms with Gasteiger partial charge in [-0.2, -0.15) is 0 Å². The number of likely N-dealkylation sites (tertiary alicyclic amines) is 1. The summed E-state index contributed by atoms with van der Waals surface area (Å²) in [5, 5.41) is 3.68. The number of allylic oxidation sites excluding steroid dienone is 1. The van der Waals surface area contributed by atoms with E-state index in [1.54, 1.807) is 6.92 Å². The van der Waals surface area contributed by atoms with Gasteiger partial charge in [-0.05, 0) is 63.1 Å². The van der Waals surface area contributed by atoms with Crippen molar-refractivity contribution in [2.45, 2.75) is 71.3 Å². The van der Waals surface area contributed by atoms with Crippen molar-refractivity contribution in [3.63, 3.8) is 0 Å². The second-order valence-electron chi connectivity index (χ2n) is 8.37. The highest BCUT2D eigenvalue weighted by atomic mass is 32.2. The van der Waals surface area contributed by atoms with Crippen molar-refractivity contribution >= 4 is 23.9 Å². The van der Waals surface area contributed by atoms with Crippen LogP contribution in [0.2, 0.25) is 0 Å². The molecule has 1 aliphatic heterocycles. The molecule has 1 saturated heterocycles. The third-order valence-electron chi connectivity index (χ3n) is 5.75. The van der Waals surface area contributed by atoms with E-state index >= 15 is 0 Å². The summed E-state index contributed by atoms with van der Waals surface area (Å²) in [5.41, 5.74) is 0.883. The molecular weight excluding hydrogens is 428 g/mol. The van der Waals surface area contributed by atoms with E-state index in [1.165, 1.54) is 55.8 Å². The van der Waals surface area contributed by atoms with E-state index in [0.717, 1.165) is 51.4 Å². The first-order valence-electron chi connectivity index (χ1n) is 11.7. The van der Waals surface area contributed by atoms with Crippen LogP contribution in [0.5, 0.6) is 0 Å². The molecule has 1 unspecified atom stereocenters. The standard InChI is InChI=1S/C25H37F2N3OS/c1-4-5-6-8-12-28-23-10-7-9-13-30(14-11-23)25(31)24(32-3)19(2)29-18-20-15-21(26)17-22(27)16-20/h15-18,23,28H,4-14H2,1-3H3/b24-19-,29-18?. The number of halogens is 2. The molecule has 1 N–H and O–H groups in total. The van der Waals surface area contributed by atoms with E-state index in [-0.39, 0.29) is 5.91 Å². The van der Waals surface area contributed by atoms with Crippen LogP contribution in [0.25, 0.3) is 0 Å². The molecule has 32 heavy (non-hydrogen) atoms. The molecule has 0 spiro atoms. The molecule has 0 radical (unpaired) electrons. The Morgan fingerprint density at radius 2 is 1.91 bits per heavy atom. The number of hydrogen-bond acceptors (Lipinski definition) is 4. The lowest BCUT2D eigenvalue weighted by Gasteiger charge is -2.29. The Bertz CT molecular complexity index is 777. The Balaban J connectivity index is 2.00. The lowest BCUT2D eigenvalue weighted by Crippen LogP contribution is -2.40. The van der Waals surface area contributed by atoms with Gasteiger partial charge in [0, 0.05) is 31.4 Å². The third kappa shape index (κ3) is 9.02. The number of aliphatic imine (C=N–C) groups is 1. The number of nitrogens with zero attached hydrogens (tertiary/aromatic N) is 2. The molecule has 1 aliphatic rings. The Kier molecular flexibility index (Phi) is 12.0. The Morgan fingerprint density at radius 3 is 2.59 bits per heavy atom. The van der Waals surface area contributed by atoms with Crippen LogP contribution in [0.3, 0.4) is 0 Å². The van der Waals surface area contributed by atoms with Crippen LogP contribution >= 0.6 is 11.8 Å². The van der Waals surface area contributed by atoms with Crippen molar-refractivity contribution in [2.75, 3.05) is 25.9 Å². The molecular formula is C25H37F2N3OS. The van der Waals surface area contributed by atoms with E-state index in [9.17, 15) is 13.6 Å². The number of benzene rings is 1. The number of rotatable bonds is 10. The fraction of sp³-hybridized carbons (Fsp3) is 0.600. The molecule has 0 aromatic heterocycles. The van der Waals surface area contributed by atoms with Crippen molar-refractivity contribution in [3.05, 3.63) is 46.0 Å². The van der Waals surface area contributed by atoms with Gasteiger partial charge in [0.1, 0.15) is 11.6 Å². The zero-order valence-corrected chi connectivity index (χ0v) is 20.4. The number of thioether (sulfide) groups is 1. The number of unbranched alkanes of at least 4 members (excludes halogenated alkanes) is 3. The number of nitrogens with one attached hydrogen (secondary N) is 1. The van der Waals surface area contributed by atoms with Crippen molar-refractivity contribution in [2.24, 2.45) is 4.99 Å². The number of carbonyl (C=O) groups excluding carboxylic acids is 1. The van der Waals surface area contributed by atoms with Crippen molar-refractivity contribution in [1.82, 2.24) is 10.2 Å². The quantitative estimate of drug-likeness (QED) is 0.265. The first-order valence-corrected chi connectivity index (χ1v) is 12.9. The van der Waals surface area contributed by atoms with Gasteiger partial charge in [0.15, 0.2) is 0 Å². The highest BCUT2D eigenvalue weighted by Gasteiger charge is 2.22. The highest BCUT2D eigenvalue weighted by Crippen LogP contribution is 2.23. The van der Waals surface area contributed by atoms with Crippen LogP contribution in [-0.4, -0.2) is 49.0 Å². The van der Waals surface area contributed by atoms with E-state index in [4.69, 9.17) is 0 Å². The van der Waals surface area contributed by atoms with Gasteiger partial charge in [0.05, 0.1) is 10.6 Å². The van der Waals surface area contributed by atoms with Gasteiger partial charge in [0.2, 0.25) is 0 Å². The minimum absolute atomic E-state index is 0.0128. The molecule has 1 heterocycles. The fourth-order valence-corrected chi connectivity index (χ4v) is 4.59. The maximum atomic E-state index is 13.4. The molecule has 1 fully saturated rings. The molecule has 0 aliphatic carbocycles. The monoisotopic (exact) mass is 465 g/mol. The predicted octanol–water partition coefficient (Wildman–Crippen LogP) is 5.92. The van der Waals surface area contributed by atoms with E-state index in [1.807, 2.05) is 11.2 Å². The maximum absolute atomic E-state index is 13.4. The van der Waals surface area contributed by atoms with E-state index < -0.39 is 11.6 Å². The molecule has 178 valence electrons. The topological polar surface area (TPSA) is 44.7 Å². The highest BCUT2D eigenvalue weighted by molar-refractivity contribution is 8.03. The van der Waals surface area contributed by atoms with Gasteiger partial charge in [0.25, 0.3) is 5.91 Å². The van der Waals surface area contributed by atoms with Gasteiger partial charge < -0.3 is 10.2 Å². The van der Waals surface area contributed by atoms with Crippen LogP contribution in [0.15, 0.2) is 33.8 Å². The van der Waals surface area contributed by atoms with Gasteiger partial charge in [-0.15, -0.1) is 11.8 Å². The Labute approximate surface area is 195 Å². The van der Waals surface area contributed by atoms with Gasteiger partial charge in [-0.25, -0.2) is 8.78 Å². The average Bonchev–Trinajstić information content (AvgIpc) is 2.73. The largest absolute Gasteiger partial charge is 0.338 e. The van der Waals surface area contributed by atoms with Crippen LogP contribution in [0.4, 0.5) is 8.78 Å². The van der Waals surface area contributed by atoms with Crippen LogP contribution in [0, 0.1) is 11.6 Å². The average molecular weight is 466 g/mol. The summed E-state index contributed by atoms with van der Waals surface area (Å²) in [6, 6.07) is 3.71. The zero-order valence-electron chi connectivity index (χ0n) is 19.6. The lowest BCUT2D eigenvalue weighted by atomic mass is 10.0. The molecule has 7 heteroatoms. The van der Waals surface area contributed by atoms with Crippen LogP contribution in [0.1, 0.15) is 70.8 Å². The fourth-order valence-electron chi connectivity index (χ4n) is 3.94. The summed E-state index contributed by atoms with van der Waals surface area (Å²) in [7, 11) is 0. The predicted molar refractivity (Wildman–Crippen MR) is 131 cm³/mol. The summed E-state index contributed by atoms with van der Waals surface area (Å²) in [6.45, 7) is 6.50. The first kappa shape index (κ1) is 26.5. The molecule has 1 amide bonds. The third-order valence-corrected chi connectivity index (χ3v) is 6.63. The van der Waals surface area contributed by atoms with E-state index in [2.05, 4.69) is 17.2 Å². The molecule has 0 bridgehead atoms. The molecule has 1 aromatic rings. The first-order chi connectivity index (χ1) is 15.4. The summed E-state index contributed by atoms with van der Waals surface area (Å²) in [4.78, 5) is 20.1. The van der Waals surface area contributed by atoms with Gasteiger partial charge >= 0.3 is 0 Å².